The first kappa shape index (κ1) is 34.6. The average molecular weight is 682 g/mol. The second-order valence-electron chi connectivity index (χ2n) is 11.5. The largest absolute Gasteiger partial charge is 0.453 e. The number of Topliss-reactive ketones (excluding diaryl/α,β-unsaturated/α-hetero) is 1. The van der Waals surface area contributed by atoms with Crippen LogP contribution < -0.4 is 4.74 Å². The van der Waals surface area contributed by atoms with Gasteiger partial charge in [0, 0.05) is 51.3 Å². The highest BCUT2D eigenvalue weighted by Crippen LogP contribution is 2.40. The van der Waals surface area contributed by atoms with Crippen molar-refractivity contribution in [1.82, 2.24) is 14.9 Å². The number of fused-ring (bicyclic) bond motifs is 1. The number of carbonyl (C=O) groups excluding carboxylic acids is 2. The molecule has 0 spiro atoms. The van der Waals surface area contributed by atoms with Crippen LogP contribution in [0.2, 0.25) is 0 Å². The summed E-state index contributed by atoms with van der Waals surface area (Å²) in [6.07, 6.45) is -2.26. The molecule has 250 valence electrons. The third kappa shape index (κ3) is 8.80. The number of benzene rings is 2. The molecule has 0 bridgehead atoms. The molecule has 0 N–H and O–H groups in total. The predicted molar refractivity (Wildman–Crippen MR) is 174 cm³/mol. The number of aromatic nitrogens is 2. The minimum atomic E-state index is -4.69. The molecular weight excluding hydrogens is 649 g/mol. The zero-order valence-corrected chi connectivity index (χ0v) is 27.0. The van der Waals surface area contributed by atoms with Crippen LogP contribution in [0.25, 0.3) is 20.8 Å². The number of nitrogens with zero attached hydrogens (tertiary/aromatic N) is 3. The van der Waals surface area contributed by atoms with Gasteiger partial charge >= 0.3 is 6.18 Å². The average Bonchev–Trinajstić information content (AvgIpc) is 3.48. The second-order valence-corrected chi connectivity index (χ2v) is 12.5. The smallest absolute Gasteiger partial charge is 0.392 e. The Kier molecular flexibility index (Phi) is 10.8. The van der Waals surface area contributed by atoms with Gasteiger partial charge in [-0.15, -0.1) is 11.3 Å². The Morgan fingerprint density at radius 2 is 1.65 bits per heavy atom. The molecule has 0 fully saturated rings. The molecule has 0 aliphatic rings. The summed E-state index contributed by atoms with van der Waals surface area (Å²) in [6, 6.07) is 15.8. The van der Waals surface area contributed by atoms with Gasteiger partial charge in [0.15, 0.2) is 11.6 Å². The molecule has 48 heavy (non-hydrogen) atoms. The number of rotatable bonds is 13. The van der Waals surface area contributed by atoms with Crippen LogP contribution in [0.5, 0.6) is 11.5 Å². The van der Waals surface area contributed by atoms with E-state index in [1.54, 1.807) is 17.2 Å². The summed E-state index contributed by atoms with van der Waals surface area (Å²) in [4.78, 5) is 35.9. The maximum absolute atomic E-state index is 15.2. The van der Waals surface area contributed by atoms with Gasteiger partial charge in [-0.05, 0) is 65.9 Å². The van der Waals surface area contributed by atoms with Gasteiger partial charge in [-0.1, -0.05) is 31.2 Å². The molecule has 0 saturated heterocycles. The fourth-order valence-corrected chi connectivity index (χ4v) is 6.30. The van der Waals surface area contributed by atoms with Gasteiger partial charge in [0.1, 0.15) is 17.3 Å². The van der Waals surface area contributed by atoms with Crippen molar-refractivity contribution in [3.63, 3.8) is 0 Å². The SMILES string of the molecule is CCCN(Cc1ccc(-c2cc3nccc(Oc4ccc(CC(CC(=O)Cc5ccc(F)cc5)C(F)(F)F)cc4F)c3s2)nc1)C(C)=O. The number of thiophene rings is 1. The maximum Gasteiger partial charge on any atom is 0.392 e. The number of pyridine rings is 2. The predicted octanol–water partition coefficient (Wildman–Crippen LogP) is 9.11. The molecule has 5 aromatic rings. The molecule has 0 radical (unpaired) electrons. The summed E-state index contributed by atoms with van der Waals surface area (Å²) in [5.41, 5.74) is 2.64. The number of hydrogen-bond donors (Lipinski definition) is 0. The highest BCUT2D eigenvalue weighted by molar-refractivity contribution is 7.22. The highest BCUT2D eigenvalue weighted by Gasteiger charge is 2.40. The molecule has 5 rings (SSSR count). The van der Waals surface area contributed by atoms with E-state index in [1.165, 1.54) is 48.7 Å². The van der Waals surface area contributed by atoms with Gasteiger partial charge in [0.2, 0.25) is 5.91 Å². The lowest BCUT2D eigenvalue weighted by Crippen LogP contribution is -2.28. The lowest BCUT2D eigenvalue weighted by Gasteiger charge is -2.20. The van der Waals surface area contributed by atoms with Crippen LogP contribution in [-0.2, 0) is 29.0 Å². The molecule has 0 saturated carbocycles. The standard InChI is InChI=1S/C36H32F5N3O3S/c1-3-14-44(22(2)45)21-25-6-10-30(43-20-25)34-19-31-35(48-34)33(12-13-42-31)47-32-11-7-24(17-29(32)38)15-26(36(39,40)41)18-28(46)16-23-4-8-27(37)9-5-23/h4-13,17,19-20,26H,3,14-16,18,21H2,1-2H3. The monoisotopic (exact) mass is 681 g/mol. The Balaban J connectivity index is 1.28. The number of ether oxygens (including phenoxy) is 1. The van der Waals surface area contributed by atoms with Crippen LogP contribution in [-0.4, -0.2) is 39.3 Å². The van der Waals surface area contributed by atoms with E-state index in [9.17, 15) is 27.2 Å². The number of halogens is 5. The minimum Gasteiger partial charge on any atom is -0.453 e. The van der Waals surface area contributed by atoms with E-state index >= 15 is 4.39 Å². The van der Waals surface area contributed by atoms with E-state index in [0.29, 0.717) is 40.3 Å². The fourth-order valence-electron chi connectivity index (χ4n) is 5.26. The third-order valence-electron chi connectivity index (χ3n) is 7.72. The van der Waals surface area contributed by atoms with E-state index in [-0.39, 0.29) is 23.6 Å². The second kappa shape index (κ2) is 15.0. The summed E-state index contributed by atoms with van der Waals surface area (Å²) < 4.78 is 76.5. The van der Waals surface area contributed by atoms with Gasteiger partial charge in [-0.25, -0.2) is 8.78 Å². The van der Waals surface area contributed by atoms with E-state index in [2.05, 4.69) is 9.97 Å². The van der Waals surface area contributed by atoms with Gasteiger partial charge in [0.05, 0.1) is 26.7 Å². The maximum atomic E-state index is 15.2. The van der Waals surface area contributed by atoms with Crippen LogP contribution in [0.15, 0.2) is 79.1 Å². The highest BCUT2D eigenvalue weighted by atomic mass is 32.1. The first-order valence-corrected chi connectivity index (χ1v) is 16.1. The van der Waals surface area contributed by atoms with E-state index in [1.807, 2.05) is 25.1 Å². The molecule has 0 aliphatic heterocycles. The number of carbonyl (C=O) groups is 2. The molecule has 1 amide bonds. The molecule has 1 atom stereocenters. The van der Waals surface area contributed by atoms with Crippen molar-refractivity contribution >= 4 is 33.2 Å². The lowest BCUT2D eigenvalue weighted by atomic mass is 9.91. The van der Waals surface area contributed by atoms with Crippen LogP contribution in [0.4, 0.5) is 22.0 Å². The molecule has 6 nitrogen and oxygen atoms in total. The first-order chi connectivity index (χ1) is 22.9. The Morgan fingerprint density at radius 1 is 0.917 bits per heavy atom. The van der Waals surface area contributed by atoms with Crippen molar-refractivity contribution in [3.8, 4) is 22.1 Å². The summed E-state index contributed by atoms with van der Waals surface area (Å²) in [6.45, 7) is 4.66. The van der Waals surface area contributed by atoms with E-state index < -0.39 is 42.4 Å². The van der Waals surface area contributed by atoms with Gasteiger partial charge in [0.25, 0.3) is 0 Å². The van der Waals surface area contributed by atoms with Crippen LogP contribution in [0, 0.1) is 17.6 Å². The Morgan fingerprint density at radius 3 is 2.29 bits per heavy atom. The van der Waals surface area contributed by atoms with Crippen molar-refractivity contribution in [3.05, 3.63) is 107 Å². The normalized spacial score (nSPS) is 12.2. The minimum absolute atomic E-state index is 0.00732. The van der Waals surface area contributed by atoms with Gasteiger partial charge < -0.3 is 9.64 Å². The number of amides is 1. The van der Waals surface area contributed by atoms with Gasteiger partial charge in [-0.3, -0.25) is 19.6 Å². The molecule has 3 aromatic heterocycles. The number of hydrogen-bond acceptors (Lipinski definition) is 6. The Labute approximate surface area is 278 Å². The third-order valence-corrected chi connectivity index (χ3v) is 8.88. The molecule has 0 aliphatic carbocycles. The summed E-state index contributed by atoms with van der Waals surface area (Å²) in [7, 11) is 0. The van der Waals surface area contributed by atoms with Crippen molar-refractivity contribution in [2.45, 2.75) is 52.3 Å². The topological polar surface area (TPSA) is 72.4 Å². The fraction of sp³-hybridized carbons (Fsp3) is 0.278. The zero-order chi connectivity index (χ0) is 34.4. The first-order valence-electron chi connectivity index (χ1n) is 15.3. The van der Waals surface area contributed by atoms with E-state index in [0.717, 1.165) is 35.1 Å². The van der Waals surface area contributed by atoms with Gasteiger partial charge in [-0.2, -0.15) is 13.2 Å². The van der Waals surface area contributed by atoms with Crippen molar-refractivity contribution < 1.29 is 36.3 Å². The lowest BCUT2D eigenvalue weighted by molar-refractivity contribution is -0.178. The summed E-state index contributed by atoms with van der Waals surface area (Å²) >= 11 is 1.34. The van der Waals surface area contributed by atoms with E-state index in [4.69, 9.17) is 4.74 Å². The molecule has 3 heterocycles. The van der Waals surface area contributed by atoms with Crippen LogP contribution in [0.3, 0.4) is 0 Å². The van der Waals surface area contributed by atoms with Crippen molar-refractivity contribution in [2.75, 3.05) is 6.54 Å². The Hall–Kier alpha value is -4.71. The molecule has 1 unspecified atom stereocenters. The summed E-state index contributed by atoms with van der Waals surface area (Å²) in [5, 5.41) is 0. The van der Waals surface area contributed by atoms with Crippen molar-refractivity contribution in [1.29, 1.82) is 0 Å². The quantitative estimate of drug-likeness (QED) is 0.116. The summed E-state index contributed by atoms with van der Waals surface area (Å²) in [5.74, 6) is -3.91. The number of alkyl halides is 3. The molecule has 12 heteroatoms. The number of ketones is 1. The Bertz CT molecular complexity index is 1890. The van der Waals surface area contributed by atoms with Crippen LogP contribution in [0.1, 0.15) is 43.4 Å². The zero-order valence-electron chi connectivity index (χ0n) is 26.2. The molecular formula is C36H32F5N3O3S. The molecule has 2 aromatic carbocycles. The van der Waals surface area contributed by atoms with Crippen LogP contribution >= 0.6 is 11.3 Å². The van der Waals surface area contributed by atoms with Crippen molar-refractivity contribution in [2.24, 2.45) is 5.92 Å².